The molecule has 1 unspecified atom stereocenters. The Bertz CT molecular complexity index is 606. The first-order valence-electron chi connectivity index (χ1n) is 7.37. The summed E-state index contributed by atoms with van der Waals surface area (Å²) in [4.78, 5) is 14.3. The molecular weight excluding hydrogens is 262 g/mol. The molecule has 3 rings (SSSR count). The third-order valence-corrected chi connectivity index (χ3v) is 4.14. The van der Waals surface area contributed by atoms with E-state index < -0.39 is 0 Å². The highest BCUT2D eigenvalue weighted by molar-refractivity contribution is 5.75. The number of likely N-dealkylation sites (N-methyl/N-ethyl adjacent to an activating group) is 1. The number of benzene rings is 1. The van der Waals surface area contributed by atoms with Crippen LogP contribution in [0, 0.1) is 0 Å². The van der Waals surface area contributed by atoms with Crippen molar-refractivity contribution in [3.05, 3.63) is 59.9 Å². The minimum absolute atomic E-state index is 0.0680. The van der Waals surface area contributed by atoms with Crippen LogP contribution >= 0.6 is 0 Å². The summed E-state index contributed by atoms with van der Waals surface area (Å²) >= 11 is 0. The lowest BCUT2D eigenvalue weighted by Crippen LogP contribution is -2.46. The quantitative estimate of drug-likeness (QED) is 0.926. The first kappa shape index (κ1) is 13.9. The highest BCUT2D eigenvalue weighted by Gasteiger charge is 2.23. The maximum Gasteiger partial charge on any atom is 0.239 e. The van der Waals surface area contributed by atoms with Crippen molar-refractivity contribution in [3.63, 3.8) is 0 Å². The van der Waals surface area contributed by atoms with Gasteiger partial charge < -0.3 is 9.88 Å². The summed E-state index contributed by atoms with van der Waals surface area (Å²) in [6.07, 6.45) is 4.81. The number of hydrogen-bond donors (Lipinski definition) is 1. The predicted octanol–water partition coefficient (Wildman–Crippen LogP) is 1.66. The molecule has 4 heteroatoms. The van der Waals surface area contributed by atoms with E-state index in [-0.39, 0.29) is 5.91 Å². The Morgan fingerprint density at radius 3 is 2.67 bits per heavy atom. The smallest absolute Gasteiger partial charge is 0.239 e. The minimum atomic E-state index is 0.0680. The number of fused-ring (bicyclic) bond motifs is 1. The molecule has 1 aliphatic rings. The summed E-state index contributed by atoms with van der Waals surface area (Å²) < 4.78 is 1.88. The topological polar surface area (TPSA) is 37.3 Å². The van der Waals surface area contributed by atoms with Crippen LogP contribution in [0.25, 0.3) is 0 Å². The van der Waals surface area contributed by atoms with E-state index in [4.69, 9.17) is 0 Å². The van der Waals surface area contributed by atoms with Crippen LogP contribution < -0.4 is 5.32 Å². The van der Waals surface area contributed by atoms with E-state index in [2.05, 4.69) is 41.5 Å². The van der Waals surface area contributed by atoms with Gasteiger partial charge in [0.25, 0.3) is 0 Å². The Morgan fingerprint density at radius 2 is 1.90 bits per heavy atom. The molecule has 0 aliphatic carbocycles. The van der Waals surface area contributed by atoms with Gasteiger partial charge in [0, 0.05) is 31.5 Å². The van der Waals surface area contributed by atoms with Crippen molar-refractivity contribution in [3.8, 4) is 0 Å². The zero-order chi connectivity index (χ0) is 14.7. The van der Waals surface area contributed by atoms with Crippen LogP contribution in [0.15, 0.2) is 48.8 Å². The lowest BCUT2D eigenvalue weighted by molar-refractivity contribution is -0.121. The molecule has 110 valence electrons. The molecule has 0 spiro atoms. The van der Waals surface area contributed by atoms with E-state index in [0.717, 1.165) is 13.0 Å². The van der Waals surface area contributed by atoms with Crippen LogP contribution in [-0.4, -0.2) is 35.0 Å². The molecule has 1 aromatic heterocycles. The van der Waals surface area contributed by atoms with Gasteiger partial charge in [-0.3, -0.25) is 9.69 Å². The molecule has 0 fully saturated rings. The van der Waals surface area contributed by atoms with Gasteiger partial charge in [-0.05, 0) is 36.7 Å². The lowest BCUT2D eigenvalue weighted by Gasteiger charge is -2.34. The number of aromatic nitrogens is 1. The van der Waals surface area contributed by atoms with Crippen LogP contribution in [0.3, 0.4) is 0 Å². The summed E-state index contributed by atoms with van der Waals surface area (Å²) in [5, 5.41) is 3.05. The number of amides is 1. The van der Waals surface area contributed by atoms with E-state index >= 15 is 0 Å². The highest BCUT2D eigenvalue weighted by atomic mass is 16.1. The second kappa shape index (κ2) is 6.14. The molecule has 0 saturated heterocycles. The van der Waals surface area contributed by atoms with Gasteiger partial charge in [0.05, 0.1) is 0 Å². The van der Waals surface area contributed by atoms with Crippen LogP contribution in [0.5, 0.6) is 0 Å². The molecule has 1 atom stereocenters. The zero-order valence-corrected chi connectivity index (χ0v) is 12.3. The van der Waals surface area contributed by atoms with Gasteiger partial charge in [-0.2, -0.15) is 0 Å². The van der Waals surface area contributed by atoms with Crippen molar-refractivity contribution in [2.45, 2.75) is 25.6 Å². The van der Waals surface area contributed by atoms with Gasteiger partial charge in [0.1, 0.15) is 6.54 Å². The average molecular weight is 283 g/mol. The standard InChI is InChI=1S/C17H21N3O/c1-19-12-15-7-3-2-6-14(15)10-16(19)11-18-17(21)13-20-8-4-5-9-20/h2-9,16H,10-13H2,1H3,(H,18,21). The van der Waals surface area contributed by atoms with Gasteiger partial charge in [-0.15, -0.1) is 0 Å². The van der Waals surface area contributed by atoms with Gasteiger partial charge in [-0.1, -0.05) is 24.3 Å². The van der Waals surface area contributed by atoms with Crippen LogP contribution in [0.1, 0.15) is 11.1 Å². The summed E-state index contributed by atoms with van der Waals surface area (Å²) in [6, 6.07) is 12.8. The monoisotopic (exact) mass is 283 g/mol. The Balaban J connectivity index is 1.55. The molecule has 0 bridgehead atoms. The van der Waals surface area contributed by atoms with Gasteiger partial charge in [0.2, 0.25) is 5.91 Å². The first-order valence-corrected chi connectivity index (χ1v) is 7.37. The number of hydrogen-bond acceptors (Lipinski definition) is 2. The minimum Gasteiger partial charge on any atom is -0.353 e. The average Bonchev–Trinajstić information content (AvgIpc) is 2.98. The van der Waals surface area contributed by atoms with E-state index in [1.165, 1.54) is 11.1 Å². The van der Waals surface area contributed by atoms with Gasteiger partial charge in [0.15, 0.2) is 0 Å². The van der Waals surface area contributed by atoms with Crippen LogP contribution in [0.2, 0.25) is 0 Å². The van der Waals surface area contributed by atoms with Crippen LogP contribution in [-0.2, 0) is 24.3 Å². The molecule has 2 heterocycles. The van der Waals surface area contributed by atoms with E-state index in [9.17, 15) is 4.79 Å². The number of nitrogens with zero attached hydrogens (tertiary/aromatic N) is 2. The molecule has 0 saturated carbocycles. The van der Waals surface area contributed by atoms with E-state index in [1.807, 2.05) is 29.1 Å². The third-order valence-electron chi connectivity index (χ3n) is 4.14. The Morgan fingerprint density at radius 1 is 1.19 bits per heavy atom. The van der Waals surface area contributed by atoms with E-state index in [0.29, 0.717) is 19.1 Å². The zero-order valence-electron chi connectivity index (χ0n) is 12.3. The van der Waals surface area contributed by atoms with Crippen molar-refractivity contribution < 1.29 is 4.79 Å². The SMILES string of the molecule is CN1Cc2ccccc2CC1CNC(=O)Cn1cccc1. The van der Waals surface area contributed by atoms with Crippen molar-refractivity contribution in [2.24, 2.45) is 0 Å². The second-order valence-corrected chi connectivity index (χ2v) is 5.70. The molecule has 1 aromatic carbocycles. The van der Waals surface area contributed by atoms with E-state index in [1.54, 1.807) is 0 Å². The largest absolute Gasteiger partial charge is 0.353 e. The molecule has 1 N–H and O–H groups in total. The molecule has 4 nitrogen and oxygen atoms in total. The fourth-order valence-electron chi connectivity index (χ4n) is 2.88. The second-order valence-electron chi connectivity index (χ2n) is 5.70. The Kier molecular flexibility index (Phi) is 4.06. The molecule has 0 radical (unpaired) electrons. The maximum absolute atomic E-state index is 12.0. The molecule has 1 amide bonds. The number of carbonyl (C=O) groups is 1. The van der Waals surface area contributed by atoms with Crippen LogP contribution in [0.4, 0.5) is 0 Å². The fourth-order valence-corrected chi connectivity index (χ4v) is 2.88. The summed E-state index contributed by atoms with van der Waals surface area (Å²) in [6.45, 7) is 2.04. The number of carbonyl (C=O) groups excluding carboxylic acids is 1. The van der Waals surface area contributed by atoms with Gasteiger partial charge >= 0.3 is 0 Å². The van der Waals surface area contributed by atoms with Crippen molar-refractivity contribution >= 4 is 5.91 Å². The van der Waals surface area contributed by atoms with Gasteiger partial charge in [-0.25, -0.2) is 0 Å². The van der Waals surface area contributed by atoms with Crippen molar-refractivity contribution in [2.75, 3.05) is 13.6 Å². The normalized spacial score (nSPS) is 18.2. The number of rotatable bonds is 4. The summed E-state index contributed by atoms with van der Waals surface area (Å²) in [5.74, 6) is 0.0680. The Hall–Kier alpha value is -2.07. The Labute approximate surface area is 125 Å². The number of nitrogens with one attached hydrogen (secondary N) is 1. The summed E-state index contributed by atoms with van der Waals surface area (Å²) in [5.41, 5.74) is 2.80. The van der Waals surface area contributed by atoms with Crippen molar-refractivity contribution in [1.29, 1.82) is 0 Å². The fraction of sp³-hybridized carbons (Fsp3) is 0.353. The highest BCUT2D eigenvalue weighted by Crippen LogP contribution is 2.21. The third kappa shape index (κ3) is 3.34. The lowest BCUT2D eigenvalue weighted by atomic mass is 9.94. The molecule has 21 heavy (non-hydrogen) atoms. The molecular formula is C17H21N3O. The molecule has 1 aliphatic heterocycles. The predicted molar refractivity (Wildman–Crippen MR) is 82.8 cm³/mol. The first-order chi connectivity index (χ1) is 10.2. The van der Waals surface area contributed by atoms with Crippen molar-refractivity contribution in [1.82, 2.24) is 14.8 Å². The summed E-state index contributed by atoms with van der Waals surface area (Å²) in [7, 11) is 2.12. The maximum atomic E-state index is 12.0. The molecule has 2 aromatic rings.